The number of nitrogens with zero attached hydrogens (tertiary/aromatic N) is 4. The van der Waals surface area contributed by atoms with E-state index in [4.69, 9.17) is 21.1 Å². The number of amides is 1. The van der Waals surface area contributed by atoms with E-state index in [1.54, 1.807) is 20.8 Å². The van der Waals surface area contributed by atoms with E-state index >= 15 is 0 Å². The summed E-state index contributed by atoms with van der Waals surface area (Å²) < 4.78 is 11.4. The predicted octanol–water partition coefficient (Wildman–Crippen LogP) is 2.54. The topological polar surface area (TPSA) is 86.0 Å². The monoisotopic (exact) mass is 340 g/mol. The number of aromatic nitrogens is 3. The van der Waals surface area contributed by atoms with Crippen LogP contribution in [-0.2, 0) is 9.47 Å². The third-order valence-corrected chi connectivity index (χ3v) is 3.04. The van der Waals surface area contributed by atoms with Gasteiger partial charge in [0, 0.05) is 7.05 Å². The smallest absolute Gasteiger partial charge is 0.414 e. The number of esters is 1. The number of methoxy groups -OCH3 is 1. The Morgan fingerprint density at radius 2 is 2.00 bits per heavy atom. The number of imidazole rings is 1. The van der Waals surface area contributed by atoms with Crippen molar-refractivity contribution in [3.8, 4) is 0 Å². The molecule has 2 rings (SSSR count). The standard InChI is InChI=1S/C14H17ClN4O4/c1-14(2,3)23-13(21)18(4)8-6-16-19-7-9(15)17-11(19)10(8)12(20)22-5/h6-7H,1-5H3. The van der Waals surface area contributed by atoms with Crippen molar-refractivity contribution in [3.05, 3.63) is 23.1 Å². The van der Waals surface area contributed by atoms with Gasteiger partial charge in [0.1, 0.15) is 16.3 Å². The van der Waals surface area contributed by atoms with Crippen molar-refractivity contribution < 1.29 is 19.1 Å². The molecule has 0 aliphatic rings. The van der Waals surface area contributed by atoms with Crippen LogP contribution in [0.1, 0.15) is 31.1 Å². The second-order valence-corrected chi connectivity index (χ2v) is 6.15. The van der Waals surface area contributed by atoms with Gasteiger partial charge in [-0.3, -0.25) is 4.90 Å². The van der Waals surface area contributed by atoms with Gasteiger partial charge in [0.25, 0.3) is 0 Å². The lowest BCUT2D eigenvalue weighted by atomic mass is 10.2. The molecular weight excluding hydrogens is 324 g/mol. The number of hydrogen-bond acceptors (Lipinski definition) is 6. The van der Waals surface area contributed by atoms with Crippen LogP contribution in [0.15, 0.2) is 12.4 Å². The first-order valence-corrected chi connectivity index (χ1v) is 7.10. The molecule has 0 aromatic carbocycles. The fourth-order valence-corrected chi connectivity index (χ4v) is 2.05. The summed E-state index contributed by atoms with van der Waals surface area (Å²) in [5, 5.41) is 4.26. The SMILES string of the molecule is COC(=O)c1c(N(C)C(=O)OC(C)(C)C)cnn2cc(Cl)nc12. The van der Waals surface area contributed by atoms with E-state index in [-0.39, 0.29) is 22.1 Å². The van der Waals surface area contributed by atoms with Crippen LogP contribution in [0.5, 0.6) is 0 Å². The van der Waals surface area contributed by atoms with Gasteiger partial charge in [0.15, 0.2) is 5.65 Å². The lowest BCUT2D eigenvalue weighted by Gasteiger charge is -2.25. The summed E-state index contributed by atoms with van der Waals surface area (Å²) >= 11 is 5.86. The molecule has 0 atom stereocenters. The summed E-state index contributed by atoms with van der Waals surface area (Å²) in [7, 11) is 2.71. The van der Waals surface area contributed by atoms with Gasteiger partial charge in [-0.15, -0.1) is 0 Å². The Kier molecular flexibility index (Phi) is 4.46. The molecule has 8 nitrogen and oxygen atoms in total. The minimum Gasteiger partial charge on any atom is -0.465 e. The number of rotatable bonds is 2. The van der Waals surface area contributed by atoms with Gasteiger partial charge in [-0.1, -0.05) is 11.6 Å². The number of ether oxygens (including phenoxy) is 2. The minimum absolute atomic E-state index is 0.0720. The van der Waals surface area contributed by atoms with Crippen LogP contribution >= 0.6 is 11.6 Å². The molecule has 0 spiro atoms. The average Bonchev–Trinajstić information content (AvgIpc) is 2.82. The maximum absolute atomic E-state index is 12.2. The van der Waals surface area contributed by atoms with E-state index in [0.717, 1.165) is 0 Å². The highest BCUT2D eigenvalue weighted by atomic mass is 35.5. The van der Waals surface area contributed by atoms with Gasteiger partial charge < -0.3 is 9.47 Å². The fourth-order valence-electron chi connectivity index (χ4n) is 1.88. The molecule has 2 aromatic rings. The quantitative estimate of drug-likeness (QED) is 0.781. The van der Waals surface area contributed by atoms with Gasteiger partial charge in [-0.2, -0.15) is 5.10 Å². The molecule has 0 N–H and O–H groups in total. The van der Waals surface area contributed by atoms with Crippen molar-refractivity contribution in [2.24, 2.45) is 0 Å². The van der Waals surface area contributed by atoms with Crippen molar-refractivity contribution in [2.75, 3.05) is 19.1 Å². The van der Waals surface area contributed by atoms with Crippen molar-refractivity contribution in [1.82, 2.24) is 14.6 Å². The summed E-state index contributed by atoms with van der Waals surface area (Å²) in [5.74, 6) is -0.662. The van der Waals surface area contributed by atoms with E-state index in [1.165, 1.54) is 36.0 Å². The second kappa shape index (κ2) is 6.04. The third kappa shape index (κ3) is 3.53. The molecule has 0 saturated heterocycles. The molecule has 0 aliphatic carbocycles. The van der Waals surface area contributed by atoms with Gasteiger partial charge >= 0.3 is 12.1 Å². The molecule has 23 heavy (non-hydrogen) atoms. The third-order valence-electron chi connectivity index (χ3n) is 2.86. The molecular formula is C14H17ClN4O4. The molecule has 124 valence electrons. The molecule has 0 saturated carbocycles. The van der Waals surface area contributed by atoms with Crippen LogP contribution < -0.4 is 4.90 Å². The maximum Gasteiger partial charge on any atom is 0.414 e. The van der Waals surface area contributed by atoms with Crippen LogP contribution in [0.2, 0.25) is 5.15 Å². The molecule has 2 aromatic heterocycles. The highest BCUT2D eigenvalue weighted by Gasteiger charge is 2.27. The highest BCUT2D eigenvalue weighted by Crippen LogP contribution is 2.26. The number of anilines is 1. The molecule has 0 aliphatic heterocycles. The number of fused-ring (bicyclic) bond motifs is 1. The van der Waals surface area contributed by atoms with Crippen LogP contribution in [0.4, 0.5) is 10.5 Å². The molecule has 9 heteroatoms. The van der Waals surface area contributed by atoms with Gasteiger partial charge in [0.2, 0.25) is 0 Å². The first-order valence-electron chi connectivity index (χ1n) is 6.73. The number of hydrogen-bond donors (Lipinski definition) is 0. The lowest BCUT2D eigenvalue weighted by Crippen LogP contribution is -2.35. The summed E-state index contributed by atoms with van der Waals surface area (Å²) in [4.78, 5) is 29.6. The van der Waals surface area contributed by atoms with Crippen LogP contribution in [0.3, 0.4) is 0 Å². The number of halogens is 1. The maximum atomic E-state index is 12.2. The Balaban J connectivity index is 2.55. The van der Waals surface area contributed by atoms with Crippen molar-refractivity contribution in [2.45, 2.75) is 26.4 Å². The molecule has 0 fully saturated rings. The van der Waals surface area contributed by atoms with Crippen LogP contribution in [0, 0.1) is 0 Å². The molecule has 1 amide bonds. The average molecular weight is 341 g/mol. The molecule has 0 radical (unpaired) electrons. The second-order valence-electron chi connectivity index (χ2n) is 5.77. The minimum atomic E-state index is -0.676. The Morgan fingerprint density at radius 3 is 2.57 bits per heavy atom. The first kappa shape index (κ1) is 17.0. The van der Waals surface area contributed by atoms with Crippen LogP contribution in [-0.4, -0.2) is 46.4 Å². The van der Waals surface area contributed by atoms with E-state index in [9.17, 15) is 9.59 Å². The zero-order chi connectivity index (χ0) is 17.4. The Morgan fingerprint density at radius 1 is 1.35 bits per heavy atom. The normalized spacial score (nSPS) is 11.4. The summed E-state index contributed by atoms with van der Waals surface area (Å²) in [6.45, 7) is 5.24. The largest absolute Gasteiger partial charge is 0.465 e. The van der Waals surface area contributed by atoms with E-state index in [1.807, 2.05) is 0 Å². The fraction of sp³-hybridized carbons (Fsp3) is 0.429. The first-order chi connectivity index (χ1) is 10.6. The molecule has 0 unspecified atom stereocenters. The lowest BCUT2D eigenvalue weighted by molar-refractivity contribution is 0.0587. The van der Waals surface area contributed by atoms with Crippen molar-refractivity contribution >= 4 is 35.0 Å². The predicted molar refractivity (Wildman–Crippen MR) is 84.0 cm³/mol. The highest BCUT2D eigenvalue weighted by molar-refractivity contribution is 6.29. The zero-order valence-electron chi connectivity index (χ0n) is 13.5. The number of carbonyl (C=O) groups excluding carboxylic acids is 2. The zero-order valence-corrected chi connectivity index (χ0v) is 14.2. The van der Waals surface area contributed by atoms with E-state index < -0.39 is 17.7 Å². The van der Waals surface area contributed by atoms with E-state index in [0.29, 0.717) is 0 Å². The summed E-state index contributed by atoms with van der Waals surface area (Å²) in [6.07, 6.45) is 2.16. The van der Waals surface area contributed by atoms with Gasteiger partial charge in [0.05, 0.1) is 25.2 Å². The number of carbonyl (C=O) groups is 2. The van der Waals surface area contributed by atoms with Crippen molar-refractivity contribution in [1.29, 1.82) is 0 Å². The van der Waals surface area contributed by atoms with Gasteiger partial charge in [-0.25, -0.2) is 19.1 Å². The Labute approximate surface area is 137 Å². The van der Waals surface area contributed by atoms with E-state index in [2.05, 4.69) is 10.1 Å². The van der Waals surface area contributed by atoms with Gasteiger partial charge in [-0.05, 0) is 20.8 Å². The molecule has 0 bridgehead atoms. The van der Waals surface area contributed by atoms with Crippen LogP contribution in [0.25, 0.3) is 5.65 Å². The summed E-state index contributed by atoms with van der Waals surface area (Å²) in [5.41, 5.74) is -0.205. The molecule has 2 heterocycles. The Hall–Kier alpha value is -2.35. The summed E-state index contributed by atoms with van der Waals surface area (Å²) in [6, 6.07) is 0. The van der Waals surface area contributed by atoms with Crippen molar-refractivity contribution in [3.63, 3.8) is 0 Å². The Bertz CT molecular complexity index is 766.